The Morgan fingerprint density at radius 2 is 0.688 bits per heavy atom. The van der Waals surface area contributed by atoms with Crippen molar-refractivity contribution < 1.29 is 85.2 Å². The van der Waals surface area contributed by atoms with Crippen molar-refractivity contribution in [3.05, 3.63) is 24.3 Å². The molecule has 48 heavy (non-hydrogen) atoms. The van der Waals surface area contributed by atoms with Crippen molar-refractivity contribution in [2.75, 3.05) is 121 Å². The molecule has 286 valence electrons. The van der Waals surface area contributed by atoms with Crippen LogP contribution in [0.15, 0.2) is 24.3 Å². The fourth-order valence-electron chi connectivity index (χ4n) is 2.99. The summed E-state index contributed by atoms with van der Waals surface area (Å²) < 4.78 is 0. The van der Waals surface area contributed by atoms with Gasteiger partial charge in [0.1, 0.15) is 0 Å². The van der Waals surface area contributed by atoms with Crippen LogP contribution in [0.1, 0.15) is 67.2 Å². The molecule has 0 unspecified atom stereocenters. The van der Waals surface area contributed by atoms with Crippen LogP contribution in [0.25, 0.3) is 0 Å². The predicted octanol–water partition coefficient (Wildman–Crippen LogP) is 1.66. The van der Waals surface area contributed by atoms with Gasteiger partial charge in [-0.1, -0.05) is 66.5 Å². The Morgan fingerprint density at radius 3 is 0.875 bits per heavy atom. The topological polar surface area (TPSA) is 153 Å². The van der Waals surface area contributed by atoms with E-state index in [-0.39, 0.29) is 77.2 Å². The molecule has 0 aliphatic heterocycles. The van der Waals surface area contributed by atoms with E-state index in [0.717, 1.165) is 92.5 Å². The van der Waals surface area contributed by atoms with Crippen molar-refractivity contribution in [1.82, 2.24) is 41.7 Å². The number of hydrogen-bond acceptors (Lipinski definition) is 10. The van der Waals surface area contributed by atoms with Gasteiger partial charge in [0.15, 0.2) is 0 Å². The number of amides is 2. The van der Waals surface area contributed by atoms with Crippen molar-refractivity contribution in [2.24, 2.45) is 0 Å². The Morgan fingerprint density at radius 1 is 0.479 bits per heavy atom. The molecule has 2 radical (unpaired) electrons. The molecule has 0 spiro atoms. The number of aliphatic hydroxyl groups is 2. The van der Waals surface area contributed by atoms with Crippen molar-refractivity contribution in [2.45, 2.75) is 67.2 Å². The number of hydrogen-bond donors (Lipinski definition) is 8. The second kappa shape index (κ2) is 69.1. The molecule has 14 heteroatoms. The summed E-state index contributed by atoms with van der Waals surface area (Å²) in [5.41, 5.74) is 0. The summed E-state index contributed by atoms with van der Waals surface area (Å²) in [6.07, 6.45) is 11.2. The van der Waals surface area contributed by atoms with Crippen LogP contribution < -0.4 is 31.9 Å². The van der Waals surface area contributed by atoms with Gasteiger partial charge in [0.05, 0.1) is 0 Å². The first-order chi connectivity index (χ1) is 22.3. The van der Waals surface area contributed by atoms with Gasteiger partial charge in [0, 0.05) is 158 Å². The minimum atomic E-state index is -0.000895. The van der Waals surface area contributed by atoms with E-state index in [4.69, 9.17) is 10.2 Å². The van der Waals surface area contributed by atoms with Crippen LogP contribution in [0.4, 0.5) is 0 Å². The molecular weight excluding hydrogens is 762 g/mol. The van der Waals surface area contributed by atoms with E-state index in [2.05, 4.69) is 69.4 Å². The molecule has 0 aliphatic rings. The standard InChI is InChI=1S/2C13H28N4O.2C3H8.2CH4O.2Y/c2*1-4-5-6-13(18)16-9-12-17(10-7-14-2)11-8-15-3;2*1-3-2;2*1-2;;/h2*5-6,14-15H,4,7-12H2,1-3H3,(H,16,18);2*3H2,1-2H3;2*2H,1H3;;/b2*6-5+;;;;;;. The van der Waals surface area contributed by atoms with Crippen molar-refractivity contribution in [3.63, 3.8) is 0 Å². The molecule has 12 nitrogen and oxygen atoms in total. The fourth-order valence-corrected chi connectivity index (χ4v) is 2.99. The van der Waals surface area contributed by atoms with Gasteiger partial charge in [-0.15, -0.1) is 0 Å². The molecule has 0 aliphatic carbocycles. The molecule has 0 saturated carbocycles. The zero-order valence-electron chi connectivity index (χ0n) is 33.4. The van der Waals surface area contributed by atoms with Crippen LogP contribution in [-0.2, 0) is 75.0 Å². The first kappa shape index (κ1) is 66.5. The largest absolute Gasteiger partial charge is 0.400 e. The summed E-state index contributed by atoms with van der Waals surface area (Å²) in [5, 5.41) is 32.3. The van der Waals surface area contributed by atoms with Crippen LogP contribution in [-0.4, -0.2) is 153 Å². The maximum absolute atomic E-state index is 11.4. The molecule has 0 rings (SSSR count). The number of rotatable bonds is 22. The normalized spacial score (nSPS) is 9.50. The monoisotopic (exact) mass is 842 g/mol. The van der Waals surface area contributed by atoms with E-state index in [0.29, 0.717) is 13.1 Å². The van der Waals surface area contributed by atoms with E-state index < -0.39 is 0 Å². The molecule has 0 aromatic heterocycles. The van der Waals surface area contributed by atoms with Crippen molar-refractivity contribution >= 4 is 11.8 Å². The summed E-state index contributed by atoms with van der Waals surface area (Å²) >= 11 is 0. The maximum Gasteiger partial charge on any atom is 0.243 e. The quantitative estimate of drug-likeness (QED) is 0.0757. The summed E-state index contributed by atoms with van der Waals surface area (Å²) in [4.78, 5) is 27.4. The average Bonchev–Trinajstić information content (AvgIpc) is 3.07. The second-order valence-corrected chi connectivity index (χ2v) is 9.71. The molecule has 0 aromatic rings. The van der Waals surface area contributed by atoms with Gasteiger partial charge in [0.2, 0.25) is 11.8 Å². The summed E-state index contributed by atoms with van der Waals surface area (Å²) in [7, 11) is 9.81. The zero-order valence-corrected chi connectivity index (χ0v) is 39.1. The van der Waals surface area contributed by atoms with Gasteiger partial charge in [-0.25, -0.2) is 0 Å². The minimum Gasteiger partial charge on any atom is -0.400 e. The molecule has 0 atom stereocenters. The van der Waals surface area contributed by atoms with Crippen LogP contribution in [0.3, 0.4) is 0 Å². The van der Waals surface area contributed by atoms with E-state index in [1.807, 2.05) is 54.2 Å². The molecule has 8 N–H and O–H groups in total. The number of allylic oxidation sites excluding steroid dienone is 2. The first-order valence-electron chi connectivity index (χ1n) is 17.1. The Hall–Kier alpha value is 0.308. The van der Waals surface area contributed by atoms with Crippen LogP contribution in [0.5, 0.6) is 0 Å². The van der Waals surface area contributed by atoms with E-state index in [9.17, 15) is 9.59 Å². The third-order valence-corrected chi connectivity index (χ3v) is 5.18. The molecule has 0 heterocycles. The maximum atomic E-state index is 11.4. The number of carbonyl (C=O) groups excluding carboxylic acids is 2. The zero-order chi connectivity index (χ0) is 36.7. The van der Waals surface area contributed by atoms with Crippen LogP contribution in [0.2, 0.25) is 0 Å². The summed E-state index contributed by atoms with van der Waals surface area (Å²) in [5.74, 6) is -0.00179. The Kier molecular flexibility index (Phi) is 95.8. The third kappa shape index (κ3) is 72.1. The van der Waals surface area contributed by atoms with E-state index >= 15 is 0 Å². The van der Waals surface area contributed by atoms with Crippen molar-refractivity contribution in [1.29, 1.82) is 0 Å². The van der Waals surface area contributed by atoms with Gasteiger partial charge >= 0.3 is 0 Å². The van der Waals surface area contributed by atoms with E-state index in [1.54, 1.807) is 12.2 Å². The molecule has 2 amide bonds. The number of carbonyl (C=O) groups is 2. The fraction of sp³-hybridized carbons (Fsp3) is 0.824. The number of aliphatic hydroxyl groups excluding tert-OH is 2. The van der Waals surface area contributed by atoms with Crippen LogP contribution >= 0.6 is 0 Å². The van der Waals surface area contributed by atoms with Gasteiger partial charge in [-0.05, 0) is 53.2 Å². The third-order valence-electron chi connectivity index (χ3n) is 5.18. The molecule has 0 fully saturated rings. The summed E-state index contributed by atoms with van der Waals surface area (Å²) in [6, 6.07) is 0. The molecule has 0 bridgehead atoms. The van der Waals surface area contributed by atoms with E-state index in [1.165, 1.54) is 12.8 Å². The number of nitrogens with one attached hydrogen (secondary N) is 6. The van der Waals surface area contributed by atoms with Crippen molar-refractivity contribution in [3.8, 4) is 0 Å². The Balaban J connectivity index is -0.0000000844. The first-order valence-corrected chi connectivity index (χ1v) is 17.1. The second-order valence-electron chi connectivity index (χ2n) is 9.71. The molecular formula is C34H80N8O4Y2. The Labute approximate surface area is 348 Å². The molecule has 0 saturated heterocycles. The smallest absolute Gasteiger partial charge is 0.243 e. The predicted molar refractivity (Wildman–Crippen MR) is 202 cm³/mol. The summed E-state index contributed by atoms with van der Waals surface area (Å²) in [6.45, 7) is 23.5. The number of nitrogens with zero attached hydrogens (tertiary/aromatic N) is 2. The SMILES string of the molecule is CC/C=C/C(=O)NCCN(CCNC)CCNC.CC/C=C/C(=O)NCCN(CCNC)CCNC.CCC.CCC.CO.CO.[Y].[Y]. The van der Waals surface area contributed by atoms with Crippen LogP contribution in [0, 0.1) is 0 Å². The molecule has 0 aromatic carbocycles. The average molecular weight is 843 g/mol. The van der Waals surface area contributed by atoms with Gasteiger partial charge in [0.25, 0.3) is 0 Å². The van der Waals surface area contributed by atoms with Gasteiger partial charge < -0.3 is 42.1 Å². The minimum absolute atomic E-state index is 0. The van der Waals surface area contributed by atoms with Gasteiger partial charge in [-0.2, -0.15) is 0 Å². The Bertz CT molecular complexity index is 543. The van der Waals surface area contributed by atoms with Gasteiger partial charge in [-0.3, -0.25) is 19.4 Å². The number of likely N-dealkylation sites (N-methyl/N-ethyl adjacent to an activating group) is 4.